The van der Waals surface area contributed by atoms with E-state index in [1.54, 1.807) is 54.6 Å². The van der Waals surface area contributed by atoms with Gasteiger partial charge in [0.25, 0.3) is 5.91 Å². The number of amides is 1. The summed E-state index contributed by atoms with van der Waals surface area (Å²) in [6.07, 6.45) is -2.76. The lowest BCUT2D eigenvalue weighted by atomic mass is 9.81. The number of aliphatic hydroxyl groups excluding tert-OH is 2. The van der Waals surface area contributed by atoms with Crippen molar-refractivity contribution in [3.63, 3.8) is 0 Å². The summed E-state index contributed by atoms with van der Waals surface area (Å²) < 4.78 is 0. The Labute approximate surface area is 134 Å². The Morgan fingerprint density at radius 3 is 2.13 bits per heavy atom. The lowest BCUT2D eigenvalue weighted by Gasteiger charge is -2.39. The first-order valence-electron chi connectivity index (χ1n) is 7.44. The second-order valence-corrected chi connectivity index (χ2v) is 5.83. The highest BCUT2D eigenvalue weighted by Gasteiger charge is 2.60. The van der Waals surface area contributed by atoms with Gasteiger partial charge in [0, 0.05) is 7.05 Å². The van der Waals surface area contributed by atoms with E-state index in [1.165, 1.54) is 7.05 Å². The molecule has 23 heavy (non-hydrogen) atoms. The Morgan fingerprint density at radius 1 is 1.04 bits per heavy atom. The molecule has 2 aromatic carbocycles. The van der Waals surface area contributed by atoms with Crippen molar-refractivity contribution in [1.29, 1.82) is 0 Å². The number of rotatable bonds is 3. The predicted octanol–water partition coefficient (Wildman–Crippen LogP) is 1.03. The van der Waals surface area contributed by atoms with Crippen LogP contribution in [0.15, 0.2) is 60.7 Å². The molecule has 0 bridgehead atoms. The molecule has 1 amide bonds. The van der Waals surface area contributed by atoms with E-state index in [0.29, 0.717) is 11.1 Å². The van der Waals surface area contributed by atoms with Crippen LogP contribution in [0.2, 0.25) is 0 Å². The zero-order valence-corrected chi connectivity index (χ0v) is 12.7. The summed E-state index contributed by atoms with van der Waals surface area (Å²) in [5.41, 5.74) is -0.862. The van der Waals surface area contributed by atoms with E-state index >= 15 is 0 Å². The van der Waals surface area contributed by atoms with E-state index in [-0.39, 0.29) is 0 Å². The minimum atomic E-state index is -1.93. The molecule has 0 aromatic heterocycles. The predicted molar refractivity (Wildman–Crippen MR) is 84.3 cm³/mol. The highest BCUT2D eigenvalue weighted by Crippen LogP contribution is 2.47. The smallest absolute Gasteiger partial charge is 0.254 e. The third-order valence-corrected chi connectivity index (χ3v) is 4.57. The molecule has 0 radical (unpaired) electrons. The zero-order chi connectivity index (χ0) is 16.6. The van der Waals surface area contributed by atoms with Crippen LogP contribution in [0.5, 0.6) is 0 Å². The standard InChI is InChI=1S/C18H19NO4/c1-19-17(22)15(20)14(12-8-4-2-5-9-12)18(19,23)16(21)13-10-6-3-7-11-13/h2-11,14-16,20-21,23H,1H3/t14-,15-,16?,18?/m0/s1. The maximum absolute atomic E-state index is 12.2. The van der Waals surface area contributed by atoms with E-state index in [9.17, 15) is 20.1 Å². The molecule has 0 spiro atoms. The molecule has 3 rings (SSSR count). The van der Waals surface area contributed by atoms with Gasteiger partial charge in [-0.1, -0.05) is 60.7 Å². The maximum Gasteiger partial charge on any atom is 0.254 e. The number of nitrogens with zero attached hydrogens (tertiary/aromatic N) is 1. The Bertz CT molecular complexity index is 691. The highest BCUT2D eigenvalue weighted by atomic mass is 16.4. The van der Waals surface area contributed by atoms with Gasteiger partial charge < -0.3 is 20.2 Å². The molecular weight excluding hydrogens is 294 g/mol. The summed E-state index contributed by atoms with van der Waals surface area (Å²) >= 11 is 0. The molecule has 5 heteroatoms. The molecule has 120 valence electrons. The number of aliphatic hydroxyl groups is 3. The summed E-state index contributed by atoms with van der Waals surface area (Å²) in [7, 11) is 1.39. The summed E-state index contributed by atoms with van der Waals surface area (Å²) in [4.78, 5) is 13.3. The summed E-state index contributed by atoms with van der Waals surface area (Å²) in [6.45, 7) is 0. The van der Waals surface area contributed by atoms with Crippen molar-refractivity contribution in [2.45, 2.75) is 23.9 Å². The molecule has 3 N–H and O–H groups in total. The van der Waals surface area contributed by atoms with Crippen molar-refractivity contribution in [3.8, 4) is 0 Å². The fourth-order valence-electron chi connectivity index (χ4n) is 3.28. The molecule has 1 heterocycles. The average molecular weight is 313 g/mol. The van der Waals surface area contributed by atoms with Crippen LogP contribution in [0, 0.1) is 0 Å². The molecule has 4 atom stereocenters. The van der Waals surface area contributed by atoms with Gasteiger partial charge in [0.05, 0.1) is 5.92 Å². The van der Waals surface area contributed by atoms with Gasteiger partial charge in [-0.3, -0.25) is 4.79 Å². The van der Waals surface area contributed by atoms with Crippen molar-refractivity contribution in [2.75, 3.05) is 7.05 Å². The molecule has 0 aliphatic carbocycles. The van der Waals surface area contributed by atoms with Crippen LogP contribution >= 0.6 is 0 Å². The summed E-state index contributed by atoms with van der Waals surface area (Å²) in [5.74, 6) is -1.56. The topological polar surface area (TPSA) is 81.0 Å². The Kier molecular flexibility index (Phi) is 3.93. The maximum atomic E-state index is 12.2. The second-order valence-electron chi connectivity index (χ2n) is 5.83. The summed E-state index contributed by atoms with van der Waals surface area (Å²) in [5, 5.41) is 32.3. The first-order valence-corrected chi connectivity index (χ1v) is 7.44. The molecule has 1 aliphatic rings. The van der Waals surface area contributed by atoms with Crippen LogP contribution in [-0.4, -0.2) is 45.0 Å². The molecule has 1 saturated heterocycles. The van der Waals surface area contributed by atoms with Gasteiger partial charge in [0.2, 0.25) is 0 Å². The SMILES string of the molecule is CN1C(=O)[C@@H](O)[C@H](c2ccccc2)C1(O)C(O)c1ccccc1. The second kappa shape index (κ2) is 5.77. The third kappa shape index (κ3) is 2.34. The minimum Gasteiger partial charge on any atom is -0.383 e. The molecule has 2 aromatic rings. The Morgan fingerprint density at radius 2 is 1.57 bits per heavy atom. The Hall–Kier alpha value is -2.21. The molecule has 1 aliphatic heterocycles. The monoisotopic (exact) mass is 313 g/mol. The lowest BCUT2D eigenvalue weighted by Crippen LogP contribution is -2.51. The fraction of sp³-hybridized carbons (Fsp3) is 0.278. The number of hydrogen-bond acceptors (Lipinski definition) is 4. The Balaban J connectivity index is 2.11. The van der Waals surface area contributed by atoms with Crippen LogP contribution in [-0.2, 0) is 4.79 Å². The van der Waals surface area contributed by atoms with Gasteiger partial charge in [0.1, 0.15) is 12.2 Å². The lowest BCUT2D eigenvalue weighted by molar-refractivity contribution is -0.174. The van der Waals surface area contributed by atoms with Crippen LogP contribution in [0.4, 0.5) is 0 Å². The first-order chi connectivity index (χ1) is 11.0. The largest absolute Gasteiger partial charge is 0.383 e. The van der Waals surface area contributed by atoms with Crippen molar-refractivity contribution in [2.24, 2.45) is 0 Å². The first kappa shape index (κ1) is 15.7. The molecular formula is C18H19NO4. The normalized spacial score (nSPS) is 28.9. The molecule has 2 unspecified atom stereocenters. The third-order valence-electron chi connectivity index (χ3n) is 4.57. The van der Waals surface area contributed by atoms with E-state index in [0.717, 1.165) is 4.90 Å². The van der Waals surface area contributed by atoms with Crippen LogP contribution < -0.4 is 0 Å². The van der Waals surface area contributed by atoms with Gasteiger partial charge in [-0.15, -0.1) is 0 Å². The van der Waals surface area contributed by atoms with Gasteiger partial charge in [0.15, 0.2) is 5.72 Å². The van der Waals surface area contributed by atoms with E-state index in [1.807, 2.05) is 6.07 Å². The molecule has 0 saturated carbocycles. The number of likely N-dealkylation sites (N-methyl/N-ethyl adjacent to an activating group) is 1. The number of carbonyl (C=O) groups is 1. The van der Waals surface area contributed by atoms with Gasteiger partial charge >= 0.3 is 0 Å². The van der Waals surface area contributed by atoms with Crippen molar-refractivity contribution < 1.29 is 20.1 Å². The molecule has 1 fully saturated rings. The molecule has 5 nitrogen and oxygen atoms in total. The number of hydrogen-bond donors (Lipinski definition) is 3. The van der Waals surface area contributed by atoms with E-state index < -0.39 is 29.8 Å². The van der Waals surface area contributed by atoms with Gasteiger partial charge in [-0.25, -0.2) is 0 Å². The number of carbonyl (C=O) groups excluding carboxylic acids is 1. The minimum absolute atomic E-state index is 0.477. The van der Waals surface area contributed by atoms with E-state index in [2.05, 4.69) is 0 Å². The van der Waals surface area contributed by atoms with Gasteiger partial charge in [-0.05, 0) is 11.1 Å². The van der Waals surface area contributed by atoms with Crippen LogP contribution in [0.1, 0.15) is 23.1 Å². The quantitative estimate of drug-likeness (QED) is 0.790. The van der Waals surface area contributed by atoms with Crippen LogP contribution in [0.25, 0.3) is 0 Å². The van der Waals surface area contributed by atoms with E-state index in [4.69, 9.17) is 0 Å². The summed E-state index contributed by atoms with van der Waals surface area (Å²) in [6, 6.07) is 17.4. The number of likely N-dealkylation sites (tertiary alicyclic amines) is 1. The zero-order valence-electron chi connectivity index (χ0n) is 12.7. The van der Waals surface area contributed by atoms with Crippen molar-refractivity contribution >= 4 is 5.91 Å². The average Bonchev–Trinajstić information content (AvgIpc) is 2.77. The fourth-order valence-corrected chi connectivity index (χ4v) is 3.28. The highest BCUT2D eigenvalue weighted by molar-refractivity contribution is 5.86. The number of benzene rings is 2. The van der Waals surface area contributed by atoms with Crippen molar-refractivity contribution in [1.82, 2.24) is 4.90 Å². The van der Waals surface area contributed by atoms with Crippen molar-refractivity contribution in [3.05, 3.63) is 71.8 Å². The van der Waals surface area contributed by atoms with Gasteiger partial charge in [-0.2, -0.15) is 0 Å². The van der Waals surface area contributed by atoms with Crippen LogP contribution in [0.3, 0.4) is 0 Å².